The summed E-state index contributed by atoms with van der Waals surface area (Å²) < 4.78 is 4.47. The van der Waals surface area contributed by atoms with Crippen LogP contribution in [-0.4, -0.2) is 44.2 Å². The molecule has 1 heterocycles. The molecule has 1 aliphatic rings. The van der Waals surface area contributed by atoms with E-state index in [0.717, 1.165) is 6.54 Å². The predicted molar refractivity (Wildman–Crippen MR) is 54.8 cm³/mol. The van der Waals surface area contributed by atoms with E-state index in [1.807, 2.05) is 0 Å². The number of rotatable bonds is 4. The average molecular weight is 198 g/mol. The number of hydrogen-bond donors (Lipinski definition) is 1. The maximum absolute atomic E-state index is 10.7. The molecule has 0 aromatic carbocycles. The molecule has 1 saturated heterocycles. The second-order valence-electron chi connectivity index (χ2n) is 3.54. The summed E-state index contributed by atoms with van der Waals surface area (Å²) in [5.74, 6) is -0.322. The van der Waals surface area contributed by atoms with Crippen LogP contribution in [0.2, 0.25) is 0 Å². The van der Waals surface area contributed by atoms with E-state index < -0.39 is 0 Å². The fourth-order valence-electron chi connectivity index (χ4n) is 1.64. The molecule has 4 heteroatoms. The molecule has 1 fully saturated rings. The Kier molecular flexibility index (Phi) is 4.46. The molecule has 4 nitrogen and oxygen atoms in total. The molecule has 0 radical (unpaired) electrons. The molecule has 0 saturated carbocycles. The zero-order valence-electron chi connectivity index (χ0n) is 8.82. The molecule has 1 atom stereocenters. The number of likely N-dealkylation sites (tertiary alicyclic amines) is 1. The van der Waals surface area contributed by atoms with Crippen molar-refractivity contribution in [2.75, 3.05) is 27.2 Å². The quantitative estimate of drug-likeness (QED) is 0.523. The number of nitrogens with zero attached hydrogens (tertiary/aromatic N) is 1. The Morgan fingerprint density at radius 3 is 3.07 bits per heavy atom. The van der Waals surface area contributed by atoms with Gasteiger partial charge in [-0.2, -0.15) is 0 Å². The normalized spacial score (nSPS) is 22.9. The van der Waals surface area contributed by atoms with E-state index in [4.69, 9.17) is 0 Å². The van der Waals surface area contributed by atoms with Gasteiger partial charge in [-0.3, -0.25) is 0 Å². The van der Waals surface area contributed by atoms with Crippen molar-refractivity contribution < 1.29 is 9.53 Å². The van der Waals surface area contributed by atoms with Gasteiger partial charge in [0.2, 0.25) is 0 Å². The number of methoxy groups -OCH3 is 1. The highest BCUT2D eigenvalue weighted by molar-refractivity contribution is 5.81. The second-order valence-corrected chi connectivity index (χ2v) is 3.54. The molecule has 1 N–H and O–H groups in total. The first-order chi connectivity index (χ1) is 6.74. The van der Waals surface area contributed by atoms with E-state index in [1.165, 1.54) is 32.6 Å². The summed E-state index contributed by atoms with van der Waals surface area (Å²) in [6.45, 7) is 2.07. The molecule has 80 valence electrons. The molecule has 0 amide bonds. The lowest BCUT2D eigenvalue weighted by Gasteiger charge is -2.18. The molecular formula is C10H18N2O2. The summed E-state index contributed by atoms with van der Waals surface area (Å²) >= 11 is 0. The Balaban J connectivity index is 2.14. The summed E-state index contributed by atoms with van der Waals surface area (Å²) in [6, 6.07) is 0.595. The van der Waals surface area contributed by atoms with Crippen molar-refractivity contribution in [3.05, 3.63) is 12.3 Å². The number of hydrogen-bond acceptors (Lipinski definition) is 4. The van der Waals surface area contributed by atoms with Gasteiger partial charge < -0.3 is 15.0 Å². The van der Waals surface area contributed by atoms with Crippen LogP contribution in [0, 0.1) is 0 Å². The summed E-state index contributed by atoms with van der Waals surface area (Å²) in [7, 11) is 3.50. The Morgan fingerprint density at radius 1 is 1.71 bits per heavy atom. The van der Waals surface area contributed by atoms with Gasteiger partial charge in [0.05, 0.1) is 7.11 Å². The maximum Gasteiger partial charge on any atom is 0.331 e. The van der Waals surface area contributed by atoms with Gasteiger partial charge in [0.25, 0.3) is 0 Å². The van der Waals surface area contributed by atoms with Crippen molar-refractivity contribution in [3.63, 3.8) is 0 Å². The topological polar surface area (TPSA) is 41.6 Å². The van der Waals surface area contributed by atoms with Crippen molar-refractivity contribution in [1.82, 2.24) is 10.2 Å². The zero-order valence-corrected chi connectivity index (χ0v) is 8.82. The van der Waals surface area contributed by atoms with Crippen LogP contribution >= 0.6 is 0 Å². The number of esters is 1. The van der Waals surface area contributed by atoms with Crippen LogP contribution in [0.1, 0.15) is 12.8 Å². The van der Waals surface area contributed by atoms with E-state index in [2.05, 4.69) is 22.0 Å². The van der Waals surface area contributed by atoms with Crippen molar-refractivity contribution in [1.29, 1.82) is 0 Å². The van der Waals surface area contributed by atoms with E-state index in [0.29, 0.717) is 6.04 Å². The molecule has 1 rings (SSSR count). The minimum atomic E-state index is -0.322. The number of nitrogens with one attached hydrogen (secondary N) is 1. The molecular weight excluding hydrogens is 180 g/mol. The monoisotopic (exact) mass is 198 g/mol. The Labute approximate surface area is 84.9 Å². The predicted octanol–water partition coefficient (Wildman–Crippen LogP) is 0.357. The fraction of sp³-hybridized carbons (Fsp3) is 0.700. The van der Waals surface area contributed by atoms with Crippen molar-refractivity contribution in [3.8, 4) is 0 Å². The van der Waals surface area contributed by atoms with Gasteiger partial charge in [0, 0.05) is 24.9 Å². The third-order valence-corrected chi connectivity index (χ3v) is 2.56. The summed E-state index contributed by atoms with van der Waals surface area (Å²) in [5.41, 5.74) is 0. The molecule has 1 aliphatic heterocycles. The molecule has 0 aromatic heterocycles. The molecule has 0 aliphatic carbocycles. The number of ether oxygens (including phenoxy) is 1. The summed E-state index contributed by atoms with van der Waals surface area (Å²) in [5, 5.41) is 3.10. The van der Waals surface area contributed by atoms with Crippen LogP contribution in [0.5, 0.6) is 0 Å². The number of carbonyl (C=O) groups is 1. The Morgan fingerprint density at radius 2 is 2.50 bits per heavy atom. The standard InChI is InChI=1S/C10H18N2O2/c1-12-7-3-4-9(12)8-11-6-5-10(13)14-2/h5-6,9,11H,3-4,7-8H2,1-2H3/b6-5+. The van der Waals surface area contributed by atoms with Gasteiger partial charge in [0.1, 0.15) is 0 Å². The van der Waals surface area contributed by atoms with Crippen LogP contribution < -0.4 is 5.32 Å². The van der Waals surface area contributed by atoms with Gasteiger partial charge in [-0.15, -0.1) is 0 Å². The van der Waals surface area contributed by atoms with Crippen molar-refractivity contribution >= 4 is 5.97 Å². The van der Waals surface area contributed by atoms with E-state index in [9.17, 15) is 4.79 Å². The third kappa shape index (κ3) is 3.38. The first-order valence-electron chi connectivity index (χ1n) is 4.92. The summed E-state index contributed by atoms with van der Waals surface area (Å²) in [4.78, 5) is 13.0. The van der Waals surface area contributed by atoms with Crippen LogP contribution in [0.25, 0.3) is 0 Å². The smallest absolute Gasteiger partial charge is 0.331 e. The lowest BCUT2D eigenvalue weighted by Crippen LogP contribution is -2.33. The highest BCUT2D eigenvalue weighted by Crippen LogP contribution is 2.13. The van der Waals surface area contributed by atoms with Gasteiger partial charge in [-0.05, 0) is 26.4 Å². The highest BCUT2D eigenvalue weighted by atomic mass is 16.5. The van der Waals surface area contributed by atoms with Gasteiger partial charge in [-0.1, -0.05) is 0 Å². The third-order valence-electron chi connectivity index (χ3n) is 2.56. The largest absolute Gasteiger partial charge is 0.466 e. The number of carbonyl (C=O) groups excluding carboxylic acids is 1. The first kappa shape index (κ1) is 11.0. The van der Waals surface area contributed by atoms with Gasteiger partial charge in [-0.25, -0.2) is 4.79 Å². The van der Waals surface area contributed by atoms with Crippen LogP contribution in [0.3, 0.4) is 0 Å². The molecule has 0 aromatic rings. The minimum Gasteiger partial charge on any atom is -0.466 e. The zero-order chi connectivity index (χ0) is 10.4. The van der Waals surface area contributed by atoms with E-state index in [1.54, 1.807) is 6.20 Å². The van der Waals surface area contributed by atoms with E-state index >= 15 is 0 Å². The van der Waals surface area contributed by atoms with Gasteiger partial charge in [0.15, 0.2) is 0 Å². The van der Waals surface area contributed by atoms with Crippen LogP contribution in [-0.2, 0) is 9.53 Å². The average Bonchev–Trinajstić information content (AvgIpc) is 2.58. The molecule has 0 bridgehead atoms. The Hall–Kier alpha value is -1.03. The van der Waals surface area contributed by atoms with E-state index in [-0.39, 0.29) is 5.97 Å². The van der Waals surface area contributed by atoms with Gasteiger partial charge >= 0.3 is 5.97 Å². The Bertz CT molecular complexity index is 216. The van der Waals surface area contributed by atoms with Crippen molar-refractivity contribution in [2.24, 2.45) is 0 Å². The van der Waals surface area contributed by atoms with Crippen LogP contribution in [0.15, 0.2) is 12.3 Å². The summed E-state index contributed by atoms with van der Waals surface area (Å²) in [6.07, 6.45) is 5.55. The lowest BCUT2D eigenvalue weighted by molar-refractivity contribution is -0.134. The molecule has 14 heavy (non-hydrogen) atoms. The SMILES string of the molecule is COC(=O)/C=C/NCC1CCCN1C. The lowest BCUT2D eigenvalue weighted by atomic mass is 10.2. The minimum absolute atomic E-state index is 0.322. The van der Waals surface area contributed by atoms with Crippen LogP contribution in [0.4, 0.5) is 0 Å². The fourth-order valence-corrected chi connectivity index (χ4v) is 1.64. The van der Waals surface area contributed by atoms with Crippen molar-refractivity contribution in [2.45, 2.75) is 18.9 Å². The maximum atomic E-state index is 10.7. The molecule has 0 spiro atoms. The second kappa shape index (κ2) is 5.65. The highest BCUT2D eigenvalue weighted by Gasteiger charge is 2.19. The first-order valence-corrected chi connectivity index (χ1v) is 4.92. The number of likely N-dealkylation sites (N-methyl/N-ethyl adjacent to an activating group) is 1. The molecule has 1 unspecified atom stereocenters.